The fraction of sp³-hybridized carbons (Fsp3) is 0.286. The number of benzene rings is 1. The number of halogens is 1. The maximum atomic E-state index is 11.8. The Labute approximate surface area is 131 Å². The third kappa shape index (κ3) is 4.30. The maximum absolute atomic E-state index is 11.8. The molecular formula is C14H17BrN4O2. The molecule has 2 rings (SSSR count). The Morgan fingerprint density at radius 1 is 1.38 bits per heavy atom. The van der Waals surface area contributed by atoms with Gasteiger partial charge in [-0.15, -0.1) is 0 Å². The summed E-state index contributed by atoms with van der Waals surface area (Å²) in [4.78, 5) is 15.6. The molecule has 112 valence electrons. The zero-order valence-corrected chi connectivity index (χ0v) is 13.3. The summed E-state index contributed by atoms with van der Waals surface area (Å²) in [6.07, 6.45) is 1.71. The van der Waals surface area contributed by atoms with E-state index < -0.39 is 0 Å². The lowest BCUT2D eigenvalue weighted by atomic mass is 10.3. The predicted octanol–water partition coefficient (Wildman–Crippen LogP) is 1.39. The minimum absolute atomic E-state index is 0.263. The number of hydrogen-bond acceptors (Lipinski definition) is 5. The van der Waals surface area contributed by atoms with Crippen LogP contribution < -0.4 is 21.5 Å². The molecule has 0 amide bonds. The molecule has 0 atom stereocenters. The molecule has 7 heteroatoms. The second-order valence-electron chi connectivity index (χ2n) is 4.46. The fourth-order valence-corrected chi connectivity index (χ4v) is 2.09. The van der Waals surface area contributed by atoms with Crippen LogP contribution in [-0.2, 0) is 13.1 Å². The first kappa shape index (κ1) is 15.5. The van der Waals surface area contributed by atoms with Crippen molar-refractivity contribution in [3.05, 3.63) is 51.0 Å². The van der Waals surface area contributed by atoms with Gasteiger partial charge in [0.2, 0.25) is 0 Å². The van der Waals surface area contributed by atoms with Gasteiger partial charge >= 0.3 is 5.69 Å². The van der Waals surface area contributed by atoms with E-state index in [1.165, 1.54) is 4.57 Å². The second-order valence-corrected chi connectivity index (χ2v) is 5.38. The summed E-state index contributed by atoms with van der Waals surface area (Å²) in [6.45, 7) is 1.36. The molecule has 1 aromatic heterocycles. The van der Waals surface area contributed by atoms with Gasteiger partial charge in [0.1, 0.15) is 18.2 Å². The van der Waals surface area contributed by atoms with Gasteiger partial charge < -0.3 is 15.8 Å². The number of hydrogen-bond donors (Lipinski definition) is 2. The third-order valence-electron chi connectivity index (χ3n) is 2.88. The molecule has 0 aliphatic carbocycles. The van der Waals surface area contributed by atoms with Gasteiger partial charge in [0.15, 0.2) is 0 Å². The van der Waals surface area contributed by atoms with Crippen LogP contribution in [0, 0.1) is 0 Å². The lowest BCUT2D eigenvalue weighted by molar-refractivity contribution is 0.295. The summed E-state index contributed by atoms with van der Waals surface area (Å²) in [5, 5.41) is 2.99. The molecule has 0 unspecified atom stereocenters. The van der Waals surface area contributed by atoms with Crippen molar-refractivity contribution < 1.29 is 4.74 Å². The van der Waals surface area contributed by atoms with Crippen LogP contribution in [0.25, 0.3) is 0 Å². The summed E-state index contributed by atoms with van der Waals surface area (Å²) in [7, 11) is 1.81. The molecule has 0 saturated heterocycles. The lowest BCUT2D eigenvalue weighted by Gasteiger charge is -2.10. The van der Waals surface area contributed by atoms with Crippen LogP contribution in [0.15, 0.2) is 39.7 Å². The largest absolute Gasteiger partial charge is 0.492 e. The summed E-state index contributed by atoms with van der Waals surface area (Å²) >= 11 is 3.36. The van der Waals surface area contributed by atoms with Crippen LogP contribution in [0.5, 0.6) is 5.75 Å². The molecule has 0 spiro atoms. The Bertz CT molecular complexity index is 655. The predicted molar refractivity (Wildman–Crippen MR) is 85.3 cm³/mol. The first-order valence-corrected chi connectivity index (χ1v) is 7.28. The third-order valence-corrected chi connectivity index (χ3v) is 3.41. The minimum Gasteiger partial charge on any atom is -0.492 e. The number of nitrogens with two attached hydrogens (primary N) is 1. The maximum Gasteiger partial charge on any atom is 0.349 e. The van der Waals surface area contributed by atoms with Crippen molar-refractivity contribution in [1.82, 2.24) is 14.9 Å². The number of nitrogens with zero attached hydrogens (tertiary/aromatic N) is 2. The normalized spacial score (nSPS) is 10.6. The Morgan fingerprint density at radius 3 is 2.76 bits per heavy atom. The van der Waals surface area contributed by atoms with Crippen LogP contribution in [0.1, 0.15) is 5.56 Å². The molecule has 0 bridgehead atoms. The Hall–Kier alpha value is -1.86. The molecule has 0 fully saturated rings. The quantitative estimate of drug-likeness (QED) is 0.820. The van der Waals surface area contributed by atoms with Crippen molar-refractivity contribution in [1.29, 1.82) is 0 Å². The van der Waals surface area contributed by atoms with Gasteiger partial charge in [-0.2, -0.15) is 4.98 Å². The minimum atomic E-state index is -0.369. The molecule has 6 nitrogen and oxygen atoms in total. The molecule has 3 N–H and O–H groups in total. The van der Waals surface area contributed by atoms with E-state index in [1.807, 2.05) is 31.3 Å². The van der Waals surface area contributed by atoms with E-state index in [2.05, 4.69) is 26.2 Å². The van der Waals surface area contributed by atoms with Gasteiger partial charge in [0, 0.05) is 22.8 Å². The smallest absolute Gasteiger partial charge is 0.349 e. The zero-order chi connectivity index (χ0) is 15.2. The van der Waals surface area contributed by atoms with E-state index in [0.717, 1.165) is 15.8 Å². The molecule has 0 aliphatic rings. The monoisotopic (exact) mass is 352 g/mol. The van der Waals surface area contributed by atoms with Crippen molar-refractivity contribution in [2.24, 2.45) is 0 Å². The first-order valence-electron chi connectivity index (χ1n) is 6.49. The summed E-state index contributed by atoms with van der Waals surface area (Å²) in [5.74, 6) is 1.02. The van der Waals surface area contributed by atoms with Crippen molar-refractivity contribution in [3.8, 4) is 5.75 Å². The van der Waals surface area contributed by atoms with Crippen LogP contribution in [-0.4, -0.2) is 23.2 Å². The van der Waals surface area contributed by atoms with E-state index in [0.29, 0.717) is 19.7 Å². The summed E-state index contributed by atoms with van der Waals surface area (Å²) in [6, 6.07) is 7.52. The number of nitrogen functional groups attached to an aromatic ring is 1. The van der Waals surface area contributed by atoms with Crippen LogP contribution in [0.4, 0.5) is 5.82 Å². The molecule has 2 aromatic rings. The van der Waals surface area contributed by atoms with E-state index in [1.54, 1.807) is 6.20 Å². The number of ether oxygens (including phenoxy) is 1. The van der Waals surface area contributed by atoms with Crippen molar-refractivity contribution in [3.63, 3.8) is 0 Å². The van der Waals surface area contributed by atoms with Crippen molar-refractivity contribution in [2.45, 2.75) is 13.1 Å². The van der Waals surface area contributed by atoms with Gasteiger partial charge in [-0.25, -0.2) is 4.79 Å². The van der Waals surface area contributed by atoms with E-state index in [-0.39, 0.29) is 11.5 Å². The van der Waals surface area contributed by atoms with Gasteiger partial charge in [0.25, 0.3) is 0 Å². The van der Waals surface area contributed by atoms with E-state index >= 15 is 0 Å². The van der Waals surface area contributed by atoms with Crippen LogP contribution >= 0.6 is 15.9 Å². The van der Waals surface area contributed by atoms with Crippen LogP contribution in [0.3, 0.4) is 0 Å². The molecule has 1 aromatic carbocycles. The van der Waals surface area contributed by atoms with E-state index in [4.69, 9.17) is 10.5 Å². The molecular weight excluding hydrogens is 336 g/mol. The molecule has 21 heavy (non-hydrogen) atoms. The highest BCUT2D eigenvalue weighted by molar-refractivity contribution is 9.10. The molecule has 0 saturated carbocycles. The molecule has 0 aliphatic heterocycles. The number of aromatic nitrogens is 2. The number of rotatable bonds is 6. The molecule has 0 radical (unpaired) electrons. The topological polar surface area (TPSA) is 82.2 Å². The van der Waals surface area contributed by atoms with Crippen molar-refractivity contribution >= 4 is 21.7 Å². The highest BCUT2D eigenvalue weighted by Gasteiger charge is 2.05. The van der Waals surface area contributed by atoms with Crippen LogP contribution in [0.2, 0.25) is 0 Å². The highest BCUT2D eigenvalue weighted by Crippen LogP contribution is 2.16. The number of nitrogens with one attached hydrogen (secondary N) is 1. The Kier molecular flexibility index (Phi) is 5.35. The summed E-state index contributed by atoms with van der Waals surface area (Å²) < 4.78 is 8.09. The lowest BCUT2D eigenvalue weighted by Crippen LogP contribution is -2.28. The fourth-order valence-electron chi connectivity index (χ4n) is 1.83. The van der Waals surface area contributed by atoms with Gasteiger partial charge in [0.05, 0.1) is 6.54 Å². The van der Waals surface area contributed by atoms with Crippen molar-refractivity contribution in [2.75, 3.05) is 19.4 Å². The average Bonchev–Trinajstić information content (AvgIpc) is 2.46. The van der Waals surface area contributed by atoms with Gasteiger partial charge in [-0.05, 0) is 31.3 Å². The number of anilines is 1. The van der Waals surface area contributed by atoms with Gasteiger partial charge in [-0.3, -0.25) is 4.57 Å². The SMILES string of the molecule is CNCc1cn(CCOc2ccc(Br)cc2)c(=O)nc1N. The summed E-state index contributed by atoms with van der Waals surface area (Å²) in [5.41, 5.74) is 6.13. The second kappa shape index (κ2) is 7.24. The van der Waals surface area contributed by atoms with E-state index in [9.17, 15) is 4.79 Å². The standard InChI is InChI=1S/C14H17BrN4O2/c1-17-8-10-9-19(14(20)18-13(10)16)6-7-21-12-4-2-11(15)3-5-12/h2-5,9,17H,6-8H2,1H3,(H2,16,18,20). The zero-order valence-electron chi connectivity index (χ0n) is 11.7. The first-order chi connectivity index (χ1) is 10.1. The highest BCUT2D eigenvalue weighted by atomic mass is 79.9. The van der Waals surface area contributed by atoms with Gasteiger partial charge in [-0.1, -0.05) is 15.9 Å². The average molecular weight is 353 g/mol. The Balaban J connectivity index is 2.01. The molecule has 1 heterocycles. The Morgan fingerprint density at radius 2 is 2.10 bits per heavy atom.